The topological polar surface area (TPSA) is 37.0 Å². The van der Waals surface area contributed by atoms with E-state index in [9.17, 15) is 0 Å². The van der Waals surface area contributed by atoms with E-state index in [4.69, 9.17) is 0 Å². The van der Waals surface area contributed by atoms with Gasteiger partial charge < -0.3 is 10.6 Å². The summed E-state index contributed by atoms with van der Waals surface area (Å²) in [4.78, 5) is 4.31. The van der Waals surface area contributed by atoms with Gasteiger partial charge in [0.15, 0.2) is 0 Å². The molecular weight excluding hydrogens is 150 g/mol. The molecule has 0 unspecified atom stereocenters. The number of aryl methyl sites for hydroxylation is 1. The minimum atomic E-state index is 0.910. The summed E-state index contributed by atoms with van der Waals surface area (Å²) in [5.74, 6) is 0.949. The summed E-state index contributed by atoms with van der Waals surface area (Å²) in [6, 6.07) is 5.97. The van der Waals surface area contributed by atoms with Crippen LogP contribution in [0.3, 0.4) is 0 Å². The van der Waals surface area contributed by atoms with Gasteiger partial charge in [0.2, 0.25) is 0 Å². The number of likely N-dealkylation sites (N-methyl/N-ethyl adjacent to an activating group) is 1. The summed E-state index contributed by atoms with van der Waals surface area (Å²) in [5, 5.41) is 6.28. The number of nitrogens with one attached hydrogen (secondary N) is 2. The molecule has 0 saturated heterocycles. The average Bonchev–Trinajstić information content (AvgIpc) is 2.05. The molecule has 0 spiro atoms. The van der Waals surface area contributed by atoms with E-state index in [1.54, 1.807) is 0 Å². The summed E-state index contributed by atoms with van der Waals surface area (Å²) in [6.07, 6.45) is 0. The van der Waals surface area contributed by atoms with E-state index in [1.165, 1.54) is 0 Å². The molecule has 0 amide bonds. The first-order valence-electron chi connectivity index (χ1n) is 4.15. The zero-order valence-electron chi connectivity index (χ0n) is 7.59. The molecule has 0 aliphatic carbocycles. The Bertz CT molecular complexity index is 235. The highest BCUT2D eigenvalue weighted by molar-refractivity contribution is 5.34. The van der Waals surface area contributed by atoms with Crippen LogP contribution in [-0.4, -0.2) is 25.1 Å². The fraction of sp³-hybridized carbons (Fsp3) is 0.444. The van der Waals surface area contributed by atoms with Gasteiger partial charge in [0.25, 0.3) is 0 Å². The second kappa shape index (κ2) is 4.72. The lowest BCUT2D eigenvalue weighted by Crippen LogP contribution is -2.18. The first-order valence-corrected chi connectivity index (χ1v) is 4.15. The Hall–Kier alpha value is -1.09. The average molecular weight is 165 g/mol. The molecule has 0 aliphatic rings. The van der Waals surface area contributed by atoms with Crippen LogP contribution in [0, 0.1) is 6.92 Å². The maximum absolute atomic E-state index is 4.31. The van der Waals surface area contributed by atoms with Crippen molar-refractivity contribution in [3.63, 3.8) is 0 Å². The molecule has 1 heterocycles. The zero-order chi connectivity index (χ0) is 8.81. The Morgan fingerprint density at radius 1 is 1.33 bits per heavy atom. The number of nitrogens with zero attached hydrogens (tertiary/aromatic N) is 1. The van der Waals surface area contributed by atoms with Gasteiger partial charge in [-0.2, -0.15) is 0 Å². The quantitative estimate of drug-likeness (QED) is 0.654. The minimum absolute atomic E-state index is 0.910. The molecule has 2 N–H and O–H groups in total. The van der Waals surface area contributed by atoms with Crippen molar-refractivity contribution in [2.24, 2.45) is 0 Å². The van der Waals surface area contributed by atoms with Gasteiger partial charge in [0.05, 0.1) is 0 Å². The molecule has 0 atom stereocenters. The van der Waals surface area contributed by atoms with Crippen LogP contribution in [0.25, 0.3) is 0 Å². The van der Waals surface area contributed by atoms with Crippen molar-refractivity contribution in [3.8, 4) is 0 Å². The SMILES string of the molecule is CNCCNc1cccc(C)n1. The highest BCUT2D eigenvalue weighted by Crippen LogP contribution is 2.02. The second-order valence-electron chi connectivity index (χ2n) is 2.69. The first-order chi connectivity index (χ1) is 5.83. The van der Waals surface area contributed by atoms with Crippen LogP contribution in [0.2, 0.25) is 0 Å². The van der Waals surface area contributed by atoms with E-state index in [0.717, 1.165) is 24.6 Å². The summed E-state index contributed by atoms with van der Waals surface area (Å²) in [7, 11) is 1.94. The summed E-state index contributed by atoms with van der Waals surface area (Å²) in [5.41, 5.74) is 1.05. The van der Waals surface area contributed by atoms with Crippen molar-refractivity contribution >= 4 is 5.82 Å². The third-order valence-corrected chi connectivity index (χ3v) is 1.57. The molecule has 3 nitrogen and oxygen atoms in total. The van der Waals surface area contributed by atoms with Gasteiger partial charge in [-0.05, 0) is 26.1 Å². The lowest BCUT2D eigenvalue weighted by atomic mass is 10.4. The van der Waals surface area contributed by atoms with Crippen molar-refractivity contribution in [2.45, 2.75) is 6.92 Å². The van der Waals surface area contributed by atoms with Crippen LogP contribution >= 0.6 is 0 Å². The molecule has 12 heavy (non-hydrogen) atoms. The summed E-state index contributed by atoms with van der Waals surface area (Å²) in [6.45, 7) is 3.85. The van der Waals surface area contributed by atoms with E-state index in [-0.39, 0.29) is 0 Å². The number of aromatic nitrogens is 1. The van der Waals surface area contributed by atoms with Crippen LogP contribution < -0.4 is 10.6 Å². The van der Waals surface area contributed by atoms with Gasteiger partial charge in [-0.3, -0.25) is 0 Å². The first kappa shape index (κ1) is 9.00. The molecule has 0 fully saturated rings. The summed E-state index contributed by atoms with van der Waals surface area (Å²) >= 11 is 0. The van der Waals surface area contributed by atoms with Crippen LogP contribution in [0.4, 0.5) is 5.82 Å². The lowest BCUT2D eigenvalue weighted by molar-refractivity contribution is 0.821. The van der Waals surface area contributed by atoms with Crippen molar-refractivity contribution in [1.82, 2.24) is 10.3 Å². The minimum Gasteiger partial charge on any atom is -0.369 e. The number of hydrogen-bond acceptors (Lipinski definition) is 3. The van der Waals surface area contributed by atoms with E-state index in [0.29, 0.717) is 0 Å². The molecule has 0 aliphatic heterocycles. The molecule has 0 saturated carbocycles. The number of rotatable bonds is 4. The van der Waals surface area contributed by atoms with Gasteiger partial charge in [-0.15, -0.1) is 0 Å². The molecular formula is C9H15N3. The largest absolute Gasteiger partial charge is 0.369 e. The Morgan fingerprint density at radius 3 is 2.83 bits per heavy atom. The Morgan fingerprint density at radius 2 is 2.17 bits per heavy atom. The summed E-state index contributed by atoms with van der Waals surface area (Å²) < 4.78 is 0. The monoisotopic (exact) mass is 165 g/mol. The van der Waals surface area contributed by atoms with Crippen LogP contribution in [0.1, 0.15) is 5.69 Å². The predicted molar refractivity (Wildman–Crippen MR) is 51.4 cm³/mol. The number of anilines is 1. The van der Waals surface area contributed by atoms with Gasteiger partial charge in [-0.1, -0.05) is 6.07 Å². The van der Waals surface area contributed by atoms with Crippen molar-refractivity contribution < 1.29 is 0 Å². The number of hydrogen-bond donors (Lipinski definition) is 2. The maximum Gasteiger partial charge on any atom is 0.126 e. The smallest absolute Gasteiger partial charge is 0.126 e. The van der Waals surface area contributed by atoms with Crippen LogP contribution in [-0.2, 0) is 0 Å². The normalized spacial score (nSPS) is 9.83. The Balaban J connectivity index is 2.41. The molecule has 0 aromatic carbocycles. The number of pyridine rings is 1. The standard InChI is InChI=1S/C9H15N3/c1-8-4-3-5-9(12-8)11-7-6-10-2/h3-5,10H,6-7H2,1-2H3,(H,11,12). The highest BCUT2D eigenvalue weighted by atomic mass is 15.0. The van der Waals surface area contributed by atoms with Gasteiger partial charge in [-0.25, -0.2) is 4.98 Å². The Labute approximate surface area is 73.2 Å². The molecule has 66 valence electrons. The van der Waals surface area contributed by atoms with E-state index in [2.05, 4.69) is 15.6 Å². The van der Waals surface area contributed by atoms with Crippen LogP contribution in [0.15, 0.2) is 18.2 Å². The molecule has 0 radical (unpaired) electrons. The Kier molecular flexibility index (Phi) is 3.54. The van der Waals surface area contributed by atoms with E-state index < -0.39 is 0 Å². The highest BCUT2D eigenvalue weighted by Gasteiger charge is 1.91. The lowest BCUT2D eigenvalue weighted by Gasteiger charge is -2.04. The third-order valence-electron chi connectivity index (χ3n) is 1.57. The third kappa shape index (κ3) is 2.88. The van der Waals surface area contributed by atoms with Gasteiger partial charge in [0.1, 0.15) is 5.82 Å². The van der Waals surface area contributed by atoms with E-state index >= 15 is 0 Å². The van der Waals surface area contributed by atoms with Crippen molar-refractivity contribution in [2.75, 3.05) is 25.5 Å². The maximum atomic E-state index is 4.31. The molecule has 3 heteroatoms. The predicted octanol–water partition coefficient (Wildman–Crippen LogP) is 1.02. The zero-order valence-corrected chi connectivity index (χ0v) is 7.59. The second-order valence-corrected chi connectivity index (χ2v) is 2.69. The fourth-order valence-corrected chi connectivity index (χ4v) is 0.957. The van der Waals surface area contributed by atoms with Gasteiger partial charge in [0, 0.05) is 18.8 Å². The van der Waals surface area contributed by atoms with Crippen LogP contribution in [0.5, 0.6) is 0 Å². The fourth-order valence-electron chi connectivity index (χ4n) is 0.957. The van der Waals surface area contributed by atoms with Crippen molar-refractivity contribution in [3.05, 3.63) is 23.9 Å². The van der Waals surface area contributed by atoms with Crippen molar-refractivity contribution in [1.29, 1.82) is 0 Å². The molecule has 0 bridgehead atoms. The molecule has 1 rings (SSSR count). The van der Waals surface area contributed by atoms with E-state index in [1.807, 2.05) is 32.2 Å². The van der Waals surface area contributed by atoms with Gasteiger partial charge >= 0.3 is 0 Å². The molecule has 1 aromatic rings. The molecule has 1 aromatic heterocycles.